The van der Waals surface area contributed by atoms with E-state index in [4.69, 9.17) is 4.74 Å². The van der Waals surface area contributed by atoms with Crippen LogP contribution in [0.2, 0.25) is 0 Å². The molecule has 0 radical (unpaired) electrons. The van der Waals surface area contributed by atoms with E-state index in [9.17, 15) is 15.0 Å². The molecule has 1 saturated carbocycles. The number of hydrogen-bond acceptors (Lipinski definition) is 5. The van der Waals surface area contributed by atoms with E-state index >= 15 is 0 Å². The van der Waals surface area contributed by atoms with Gasteiger partial charge in [0.15, 0.2) is 11.5 Å². The normalized spacial score (nSPS) is 33.7. The van der Waals surface area contributed by atoms with E-state index in [0.29, 0.717) is 37.0 Å². The Morgan fingerprint density at radius 1 is 1.33 bits per heavy atom. The van der Waals surface area contributed by atoms with Crippen LogP contribution in [0.5, 0.6) is 11.5 Å². The van der Waals surface area contributed by atoms with Gasteiger partial charge in [0.05, 0.1) is 17.1 Å². The SMILES string of the molecule is C=CCN1CC[C@]23c4c5ccc(O)c4O[C@H]2[C@H](NC(=O)c2cccc([125I])c2)CC[C@@]3(O)[C@H]1C5. The van der Waals surface area contributed by atoms with E-state index in [1.807, 2.05) is 36.4 Å². The first-order valence-electron chi connectivity index (χ1n) is 11.5. The number of nitrogens with one attached hydrogen (secondary N) is 1. The third-order valence-corrected chi connectivity index (χ3v) is 9.01. The molecule has 2 heterocycles. The summed E-state index contributed by atoms with van der Waals surface area (Å²) in [5.74, 6) is 0.456. The summed E-state index contributed by atoms with van der Waals surface area (Å²) in [4.78, 5) is 15.5. The molecule has 172 valence electrons. The molecular formula is C26H27IN2O4. The Bertz CT molecular complexity index is 1170. The average molecular weight is 556 g/mol. The van der Waals surface area contributed by atoms with E-state index in [1.54, 1.807) is 6.07 Å². The van der Waals surface area contributed by atoms with Crippen LogP contribution in [0.15, 0.2) is 49.1 Å². The standard InChI is InChI=1S/C26H27IN2O4/c1-2-11-29-12-10-25-21-15-6-7-19(30)22(21)33-23(25)18(8-9-26(25,32)20(29)14-15)28-24(31)16-4-3-5-17(27)13-16/h2-7,13,18,20,23,30,32H,1,8-12,14H2,(H,28,31)/t18-,20-,23+,25+,26-/m1/s1/i27-2. The molecular weight excluding hydrogens is 529 g/mol. The summed E-state index contributed by atoms with van der Waals surface area (Å²) in [6.45, 7) is 5.45. The first-order chi connectivity index (χ1) is 15.9. The van der Waals surface area contributed by atoms with Crippen molar-refractivity contribution in [3.63, 3.8) is 0 Å². The van der Waals surface area contributed by atoms with Crippen LogP contribution in [0.25, 0.3) is 0 Å². The monoisotopic (exact) mass is 556 g/mol. The second-order valence-corrected chi connectivity index (χ2v) is 11.0. The van der Waals surface area contributed by atoms with Crippen LogP contribution in [0, 0.1) is 3.57 Å². The number of phenols is 1. The average Bonchev–Trinajstić information content (AvgIpc) is 3.15. The Balaban J connectivity index is 1.43. The lowest BCUT2D eigenvalue weighted by Gasteiger charge is -2.64. The topological polar surface area (TPSA) is 82.0 Å². The van der Waals surface area contributed by atoms with Crippen molar-refractivity contribution in [3.8, 4) is 11.5 Å². The number of nitrogens with zero attached hydrogens (tertiary/aromatic N) is 1. The van der Waals surface area contributed by atoms with E-state index in [2.05, 4.69) is 39.4 Å². The number of piperidine rings is 1. The lowest BCUT2D eigenvalue weighted by atomic mass is 9.48. The van der Waals surface area contributed by atoms with Gasteiger partial charge >= 0.3 is 0 Å². The molecule has 1 amide bonds. The smallest absolute Gasteiger partial charge is 0.251 e. The van der Waals surface area contributed by atoms with Gasteiger partial charge in [0.2, 0.25) is 0 Å². The number of ether oxygens (including phenoxy) is 1. The van der Waals surface area contributed by atoms with Gasteiger partial charge in [-0.15, -0.1) is 6.58 Å². The molecule has 6 nitrogen and oxygen atoms in total. The molecule has 4 aliphatic rings. The minimum Gasteiger partial charge on any atom is -0.504 e. The Morgan fingerprint density at radius 3 is 2.97 bits per heavy atom. The zero-order valence-electron chi connectivity index (χ0n) is 18.3. The Labute approximate surface area is 206 Å². The number of rotatable bonds is 4. The van der Waals surface area contributed by atoms with Gasteiger partial charge in [0.25, 0.3) is 5.91 Å². The summed E-state index contributed by atoms with van der Waals surface area (Å²) in [6.07, 6.45) is 4.06. The van der Waals surface area contributed by atoms with Crippen LogP contribution in [-0.2, 0) is 11.8 Å². The van der Waals surface area contributed by atoms with Gasteiger partial charge in [-0.3, -0.25) is 9.69 Å². The van der Waals surface area contributed by atoms with Crippen molar-refractivity contribution in [1.29, 1.82) is 0 Å². The third-order valence-electron chi connectivity index (χ3n) is 8.34. The van der Waals surface area contributed by atoms with E-state index in [-0.39, 0.29) is 23.7 Å². The number of carbonyl (C=O) groups excluding carboxylic acids is 1. The molecule has 1 saturated heterocycles. The lowest BCUT2D eigenvalue weighted by molar-refractivity contribution is -0.188. The number of aromatic hydroxyl groups is 1. The number of likely N-dealkylation sites (tertiary alicyclic amines) is 1. The maximum Gasteiger partial charge on any atom is 0.251 e. The summed E-state index contributed by atoms with van der Waals surface area (Å²) in [5, 5.41) is 26.3. The Kier molecular flexibility index (Phi) is 4.84. The number of amides is 1. The Hall–Kier alpha value is -2.10. The molecule has 2 aliphatic carbocycles. The van der Waals surface area contributed by atoms with Crippen LogP contribution in [-0.4, -0.2) is 57.9 Å². The molecule has 2 aromatic rings. The molecule has 5 atom stereocenters. The van der Waals surface area contributed by atoms with Crippen molar-refractivity contribution in [2.45, 2.75) is 54.9 Å². The number of benzene rings is 2. The second-order valence-electron chi connectivity index (χ2n) is 9.76. The summed E-state index contributed by atoms with van der Waals surface area (Å²) >= 11 is 2.20. The van der Waals surface area contributed by atoms with Crippen LogP contribution >= 0.6 is 22.6 Å². The maximum atomic E-state index is 13.1. The Morgan fingerprint density at radius 2 is 2.18 bits per heavy atom. The predicted octanol–water partition coefficient (Wildman–Crippen LogP) is 3.14. The van der Waals surface area contributed by atoms with Crippen molar-refractivity contribution >= 4 is 28.5 Å². The molecule has 2 bridgehead atoms. The van der Waals surface area contributed by atoms with Crippen molar-refractivity contribution in [3.05, 3.63) is 69.3 Å². The fourth-order valence-corrected chi connectivity index (χ4v) is 7.59. The third kappa shape index (κ3) is 2.82. The molecule has 33 heavy (non-hydrogen) atoms. The number of phenolic OH excluding ortho intramolecular Hbond substituents is 1. The fraction of sp³-hybridized carbons (Fsp3) is 0.423. The largest absolute Gasteiger partial charge is 0.504 e. The zero-order valence-corrected chi connectivity index (χ0v) is 20.4. The zero-order chi connectivity index (χ0) is 23.0. The quantitative estimate of drug-likeness (QED) is 0.399. The molecule has 0 unspecified atom stereocenters. The summed E-state index contributed by atoms with van der Waals surface area (Å²) < 4.78 is 7.48. The molecule has 1 spiro atoms. The highest BCUT2D eigenvalue weighted by molar-refractivity contribution is 14.1. The van der Waals surface area contributed by atoms with E-state index < -0.39 is 17.1 Å². The highest BCUT2D eigenvalue weighted by Gasteiger charge is 2.72. The van der Waals surface area contributed by atoms with Crippen LogP contribution in [0.1, 0.15) is 40.7 Å². The van der Waals surface area contributed by atoms with Crippen molar-refractivity contribution in [1.82, 2.24) is 10.2 Å². The van der Waals surface area contributed by atoms with Gasteiger partial charge in [-0.1, -0.05) is 18.2 Å². The number of aliphatic hydroxyl groups is 1. The molecule has 2 fully saturated rings. The first-order valence-corrected chi connectivity index (χ1v) is 12.6. The van der Waals surface area contributed by atoms with Crippen LogP contribution in [0.3, 0.4) is 0 Å². The van der Waals surface area contributed by atoms with Gasteiger partial charge in [-0.2, -0.15) is 0 Å². The molecule has 6 rings (SSSR count). The lowest BCUT2D eigenvalue weighted by Crippen LogP contribution is -2.78. The minimum absolute atomic E-state index is 0.0503. The van der Waals surface area contributed by atoms with Gasteiger partial charge < -0.3 is 20.3 Å². The minimum atomic E-state index is -0.992. The highest BCUT2D eigenvalue weighted by atomic mass is 125. The van der Waals surface area contributed by atoms with Gasteiger partial charge in [-0.25, -0.2) is 0 Å². The van der Waals surface area contributed by atoms with Crippen LogP contribution < -0.4 is 10.1 Å². The van der Waals surface area contributed by atoms with Crippen molar-refractivity contribution in [2.75, 3.05) is 13.1 Å². The summed E-state index contributed by atoms with van der Waals surface area (Å²) in [7, 11) is 0. The van der Waals surface area contributed by atoms with Crippen LogP contribution in [0.4, 0.5) is 0 Å². The summed E-state index contributed by atoms with van der Waals surface area (Å²) in [5.41, 5.74) is 1.05. The number of halogens is 1. The van der Waals surface area contributed by atoms with Gasteiger partial charge in [-0.05, 0) is 84.6 Å². The second kappa shape index (κ2) is 7.45. The molecule has 2 aliphatic heterocycles. The maximum absolute atomic E-state index is 13.1. The molecule has 7 heteroatoms. The number of carbonyl (C=O) groups is 1. The fourth-order valence-electron chi connectivity index (χ4n) is 7.04. The van der Waals surface area contributed by atoms with Gasteiger partial charge in [0.1, 0.15) is 6.10 Å². The molecule has 0 aromatic heterocycles. The van der Waals surface area contributed by atoms with Crippen molar-refractivity contribution in [2.24, 2.45) is 0 Å². The van der Waals surface area contributed by atoms with E-state index in [1.165, 1.54) is 0 Å². The van der Waals surface area contributed by atoms with E-state index in [0.717, 1.165) is 27.8 Å². The first kappa shape index (κ1) is 21.4. The number of hydrogen-bond donors (Lipinski definition) is 3. The van der Waals surface area contributed by atoms with Crippen molar-refractivity contribution < 1.29 is 19.7 Å². The molecule has 3 N–H and O–H groups in total. The summed E-state index contributed by atoms with van der Waals surface area (Å²) in [6, 6.07) is 10.9. The molecule has 2 aromatic carbocycles. The highest BCUT2D eigenvalue weighted by Crippen LogP contribution is 2.65. The predicted molar refractivity (Wildman–Crippen MR) is 133 cm³/mol. The van der Waals surface area contributed by atoms with Gasteiger partial charge in [0, 0.05) is 27.3 Å².